The van der Waals surface area contributed by atoms with Gasteiger partial charge in [-0.3, -0.25) is 0 Å². The average Bonchev–Trinajstić information content (AvgIpc) is 2.33. The van der Waals surface area contributed by atoms with Crippen molar-refractivity contribution < 1.29 is 9.84 Å². The Balaban J connectivity index is 2.10. The number of methoxy groups -OCH3 is 1. The van der Waals surface area contributed by atoms with Crippen LogP contribution in [0.25, 0.3) is 0 Å². The third kappa shape index (κ3) is 2.93. The van der Waals surface area contributed by atoms with E-state index < -0.39 is 6.10 Å². The lowest BCUT2D eigenvalue weighted by atomic mass is 9.79. The largest absolute Gasteiger partial charge is 0.386 e. The van der Waals surface area contributed by atoms with Gasteiger partial charge in [0.2, 0.25) is 0 Å². The SMILES string of the molecule is CCCC(OC)C(O)c1cccc(C2CCC2)c1. The molecule has 1 aliphatic rings. The fraction of sp³-hybridized carbons (Fsp3) is 0.625. The highest BCUT2D eigenvalue weighted by Crippen LogP contribution is 2.37. The molecule has 2 heteroatoms. The second-order valence-electron chi connectivity index (χ2n) is 5.31. The minimum absolute atomic E-state index is 0.0911. The first-order valence-electron chi connectivity index (χ1n) is 7.07. The molecule has 1 aromatic rings. The average molecular weight is 248 g/mol. The van der Waals surface area contributed by atoms with Crippen LogP contribution in [0.4, 0.5) is 0 Å². The van der Waals surface area contributed by atoms with Crippen LogP contribution in [0, 0.1) is 0 Å². The van der Waals surface area contributed by atoms with Crippen molar-refractivity contribution >= 4 is 0 Å². The Hall–Kier alpha value is -0.860. The lowest BCUT2D eigenvalue weighted by molar-refractivity contribution is -0.0180. The third-order valence-corrected chi connectivity index (χ3v) is 4.06. The molecule has 1 N–H and O–H groups in total. The van der Waals surface area contributed by atoms with Crippen molar-refractivity contribution in [1.29, 1.82) is 0 Å². The number of hydrogen-bond acceptors (Lipinski definition) is 2. The summed E-state index contributed by atoms with van der Waals surface area (Å²) < 4.78 is 5.40. The van der Waals surface area contributed by atoms with Gasteiger partial charge >= 0.3 is 0 Å². The summed E-state index contributed by atoms with van der Waals surface area (Å²) in [6, 6.07) is 8.41. The highest BCUT2D eigenvalue weighted by molar-refractivity contribution is 5.29. The van der Waals surface area contributed by atoms with Crippen LogP contribution >= 0.6 is 0 Å². The van der Waals surface area contributed by atoms with E-state index >= 15 is 0 Å². The Kier molecular flexibility index (Phi) is 4.79. The van der Waals surface area contributed by atoms with Crippen LogP contribution in [0.1, 0.15) is 62.2 Å². The van der Waals surface area contributed by atoms with Gasteiger partial charge in [0.1, 0.15) is 6.10 Å². The van der Waals surface area contributed by atoms with Gasteiger partial charge in [-0.25, -0.2) is 0 Å². The summed E-state index contributed by atoms with van der Waals surface area (Å²) in [6.45, 7) is 2.11. The molecule has 0 amide bonds. The molecule has 0 aliphatic heterocycles. The molecule has 100 valence electrons. The number of benzene rings is 1. The van der Waals surface area contributed by atoms with Crippen molar-refractivity contribution in [3.8, 4) is 0 Å². The fourth-order valence-electron chi connectivity index (χ4n) is 2.64. The van der Waals surface area contributed by atoms with Gasteiger partial charge in [-0.05, 0) is 36.3 Å². The molecule has 0 saturated heterocycles. The first kappa shape index (κ1) is 13.6. The van der Waals surface area contributed by atoms with Crippen molar-refractivity contribution in [2.45, 2.75) is 57.2 Å². The smallest absolute Gasteiger partial charge is 0.105 e. The van der Waals surface area contributed by atoms with E-state index in [1.54, 1.807) is 7.11 Å². The number of rotatable bonds is 6. The molecule has 18 heavy (non-hydrogen) atoms. The second kappa shape index (κ2) is 6.35. The first-order valence-corrected chi connectivity index (χ1v) is 7.07. The predicted octanol–water partition coefficient (Wildman–Crippen LogP) is 3.80. The molecule has 1 saturated carbocycles. The third-order valence-electron chi connectivity index (χ3n) is 4.06. The predicted molar refractivity (Wildman–Crippen MR) is 73.7 cm³/mol. The number of aliphatic hydroxyl groups excluding tert-OH is 1. The molecule has 1 aliphatic carbocycles. The minimum Gasteiger partial charge on any atom is -0.386 e. The maximum atomic E-state index is 10.4. The zero-order valence-corrected chi connectivity index (χ0v) is 11.4. The molecule has 0 heterocycles. The van der Waals surface area contributed by atoms with E-state index in [9.17, 15) is 5.11 Å². The van der Waals surface area contributed by atoms with Gasteiger partial charge in [-0.15, -0.1) is 0 Å². The molecule has 2 nitrogen and oxygen atoms in total. The molecule has 1 aromatic carbocycles. The van der Waals surface area contributed by atoms with Crippen LogP contribution in [-0.4, -0.2) is 18.3 Å². The van der Waals surface area contributed by atoms with E-state index in [0.29, 0.717) is 5.92 Å². The Morgan fingerprint density at radius 2 is 2.17 bits per heavy atom. The van der Waals surface area contributed by atoms with E-state index in [0.717, 1.165) is 18.4 Å². The molecule has 0 aromatic heterocycles. The molecule has 2 atom stereocenters. The van der Waals surface area contributed by atoms with Crippen LogP contribution in [0.3, 0.4) is 0 Å². The van der Waals surface area contributed by atoms with Gasteiger partial charge < -0.3 is 9.84 Å². The van der Waals surface area contributed by atoms with Crippen LogP contribution < -0.4 is 0 Å². The van der Waals surface area contributed by atoms with Gasteiger partial charge in [0, 0.05) is 7.11 Å². The molecule has 0 bridgehead atoms. The van der Waals surface area contributed by atoms with Crippen LogP contribution in [-0.2, 0) is 4.74 Å². The molecule has 2 unspecified atom stereocenters. The summed E-state index contributed by atoms with van der Waals surface area (Å²) in [7, 11) is 1.68. The Morgan fingerprint density at radius 3 is 2.72 bits per heavy atom. The van der Waals surface area contributed by atoms with Crippen molar-refractivity contribution in [2.24, 2.45) is 0 Å². The second-order valence-corrected chi connectivity index (χ2v) is 5.31. The lowest BCUT2D eigenvalue weighted by Crippen LogP contribution is -2.21. The molecule has 0 radical (unpaired) electrons. The Bertz CT molecular complexity index is 371. The van der Waals surface area contributed by atoms with Crippen molar-refractivity contribution in [3.63, 3.8) is 0 Å². The zero-order chi connectivity index (χ0) is 13.0. The van der Waals surface area contributed by atoms with Gasteiger partial charge in [-0.2, -0.15) is 0 Å². The summed E-state index contributed by atoms with van der Waals surface area (Å²) in [5, 5.41) is 10.4. The van der Waals surface area contributed by atoms with Crippen LogP contribution in [0.2, 0.25) is 0 Å². The molecule has 0 spiro atoms. The number of ether oxygens (including phenoxy) is 1. The first-order chi connectivity index (χ1) is 8.76. The molecule has 2 rings (SSSR count). The Morgan fingerprint density at radius 1 is 1.39 bits per heavy atom. The summed E-state index contributed by atoms with van der Waals surface area (Å²) in [5.74, 6) is 0.712. The summed E-state index contributed by atoms with van der Waals surface area (Å²) >= 11 is 0. The highest BCUT2D eigenvalue weighted by atomic mass is 16.5. The van der Waals surface area contributed by atoms with Gasteiger partial charge in [0.05, 0.1) is 6.10 Å². The maximum absolute atomic E-state index is 10.4. The van der Waals surface area contributed by atoms with Crippen molar-refractivity contribution in [1.82, 2.24) is 0 Å². The highest BCUT2D eigenvalue weighted by Gasteiger charge is 2.23. The standard InChI is InChI=1S/C16H24O2/c1-3-6-15(18-2)16(17)14-10-5-9-13(11-14)12-7-4-8-12/h5,9-12,15-17H,3-4,6-8H2,1-2H3. The van der Waals surface area contributed by atoms with Gasteiger partial charge in [-0.1, -0.05) is 44.0 Å². The van der Waals surface area contributed by atoms with E-state index in [4.69, 9.17) is 4.74 Å². The molecular weight excluding hydrogens is 224 g/mol. The molecular formula is C16H24O2. The quantitative estimate of drug-likeness (QED) is 0.829. The monoisotopic (exact) mass is 248 g/mol. The maximum Gasteiger partial charge on any atom is 0.105 e. The topological polar surface area (TPSA) is 29.5 Å². The van der Waals surface area contributed by atoms with E-state index in [2.05, 4.69) is 25.1 Å². The van der Waals surface area contributed by atoms with Crippen LogP contribution in [0.5, 0.6) is 0 Å². The number of hydrogen-bond donors (Lipinski definition) is 1. The van der Waals surface area contributed by atoms with Gasteiger partial charge in [0.15, 0.2) is 0 Å². The minimum atomic E-state index is -0.505. The van der Waals surface area contributed by atoms with E-state index in [-0.39, 0.29) is 6.10 Å². The lowest BCUT2D eigenvalue weighted by Gasteiger charge is -2.27. The normalized spacial score (nSPS) is 19.3. The van der Waals surface area contributed by atoms with Gasteiger partial charge in [0.25, 0.3) is 0 Å². The fourth-order valence-corrected chi connectivity index (χ4v) is 2.64. The van der Waals surface area contributed by atoms with Crippen LogP contribution in [0.15, 0.2) is 24.3 Å². The van der Waals surface area contributed by atoms with Crippen molar-refractivity contribution in [3.05, 3.63) is 35.4 Å². The molecule has 1 fully saturated rings. The summed E-state index contributed by atoms with van der Waals surface area (Å²) in [5.41, 5.74) is 2.38. The zero-order valence-electron chi connectivity index (χ0n) is 11.4. The summed E-state index contributed by atoms with van der Waals surface area (Å²) in [4.78, 5) is 0. The van der Waals surface area contributed by atoms with Crippen molar-refractivity contribution in [2.75, 3.05) is 7.11 Å². The number of aliphatic hydroxyl groups is 1. The van der Waals surface area contributed by atoms with E-state index in [1.807, 2.05) is 6.07 Å². The Labute approximate surface area is 110 Å². The van der Waals surface area contributed by atoms with E-state index in [1.165, 1.54) is 24.8 Å². The summed E-state index contributed by atoms with van der Waals surface area (Å²) in [6.07, 6.45) is 5.25.